The van der Waals surface area contributed by atoms with Crippen LogP contribution < -0.4 is 10.5 Å². The fourth-order valence-corrected chi connectivity index (χ4v) is 1.25. The van der Waals surface area contributed by atoms with Crippen LogP contribution in [0, 0.1) is 0 Å². The van der Waals surface area contributed by atoms with Crippen molar-refractivity contribution < 1.29 is 14.6 Å². The molecule has 0 aromatic heterocycles. The molecule has 0 saturated carbocycles. The second-order valence-corrected chi connectivity index (χ2v) is 3.13. The molecule has 1 atom stereocenters. The molecule has 4 heteroatoms. The van der Waals surface area contributed by atoms with Crippen molar-refractivity contribution in [3.05, 3.63) is 29.8 Å². The molecule has 0 heterocycles. The molecule has 0 radical (unpaired) electrons. The Morgan fingerprint density at radius 3 is 2.73 bits per heavy atom. The van der Waals surface area contributed by atoms with Crippen LogP contribution in [0.1, 0.15) is 11.7 Å². The molecule has 0 aliphatic carbocycles. The summed E-state index contributed by atoms with van der Waals surface area (Å²) in [6.07, 6.45) is -0.677. The monoisotopic (exact) mass is 211 g/mol. The Balaban J connectivity index is 2.68. The van der Waals surface area contributed by atoms with Gasteiger partial charge in [0.15, 0.2) is 0 Å². The highest BCUT2D eigenvalue weighted by atomic mass is 16.5. The molecule has 0 aliphatic heterocycles. The van der Waals surface area contributed by atoms with E-state index in [1.807, 2.05) is 18.2 Å². The summed E-state index contributed by atoms with van der Waals surface area (Å²) >= 11 is 0. The van der Waals surface area contributed by atoms with E-state index in [0.29, 0.717) is 19.0 Å². The van der Waals surface area contributed by atoms with Gasteiger partial charge in [0, 0.05) is 19.2 Å². The number of aliphatic hydroxyl groups excluding tert-OH is 1. The Labute approximate surface area is 89.6 Å². The number of aliphatic hydroxyl groups is 1. The SMILES string of the molecule is COCCOc1ccccc1[C@H](O)CN. The van der Waals surface area contributed by atoms with E-state index in [1.165, 1.54) is 0 Å². The first kappa shape index (κ1) is 12.0. The summed E-state index contributed by atoms with van der Waals surface area (Å²) < 4.78 is 10.3. The van der Waals surface area contributed by atoms with Crippen LogP contribution in [-0.2, 0) is 4.74 Å². The molecule has 15 heavy (non-hydrogen) atoms. The van der Waals surface area contributed by atoms with Crippen LogP contribution in [0.5, 0.6) is 5.75 Å². The number of ether oxygens (including phenoxy) is 2. The Morgan fingerprint density at radius 2 is 2.07 bits per heavy atom. The third-order valence-corrected chi connectivity index (χ3v) is 2.05. The molecular formula is C11H17NO3. The number of rotatable bonds is 6. The van der Waals surface area contributed by atoms with Gasteiger partial charge in [-0.05, 0) is 6.07 Å². The Morgan fingerprint density at radius 1 is 1.33 bits per heavy atom. The zero-order valence-electron chi connectivity index (χ0n) is 8.85. The molecule has 84 valence electrons. The molecule has 4 nitrogen and oxygen atoms in total. The van der Waals surface area contributed by atoms with Crippen LogP contribution >= 0.6 is 0 Å². The highest BCUT2D eigenvalue weighted by Gasteiger charge is 2.10. The molecule has 1 aromatic carbocycles. The van der Waals surface area contributed by atoms with Crippen molar-refractivity contribution in [1.29, 1.82) is 0 Å². The van der Waals surface area contributed by atoms with Gasteiger partial charge in [0.1, 0.15) is 12.4 Å². The zero-order valence-corrected chi connectivity index (χ0v) is 8.85. The smallest absolute Gasteiger partial charge is 0.125 e. The summed E-state index contributed by atoms with van der Waals surface area (Å²) in [5.41, 5.74) is 6.12. The topological polar surface area (TPSA) is 64.7 Å². The standard InChI is InChI=1S/C11H17NO3/c1-14-6-7-15-11-5-3-2-4-9(11)10(13)8-12/h2-5,10,13H,6-8,12H2,1H3/t10-/m1/s1. The van der Waals surface area contributed by atoms with Gasteiger partial charge in [-0.1, -0.05) is 18.2 Å². The van der Waals surface area contributed by atoms with Crippen LogP contribution in [0.4, 0.5) is 0 Å². The van der Waals surface area contributed by atoms with E-state index in [0.717, 1.165) is 5.56 Å². The second kappa shape index (κ2) is 6.40. The minimum absolute atomic E-state index is 0.185. The normalized spacial score (nSPS) is 12.5. The predicted molar refractivity (Wildman–Crippen MR) is 57.8 cm³/mol. The first-order valence-corrected chi connectivity index (χ1v) is 4.88. The molecule has 0 amide bonds. The minimum Gasteiger partial charge on any atom is -0.491 e. The summed E-state index contributed by atoms with van der Waals surface area (Å²) in [5, 5.41) is 9.63. The lowest BCUT2D eigenvalue weighted by atomic mass is 10.1. The summed E-state index contributed by atoms with van der Waals surface area (Å²) in [7, 11) is 1.62. The quantitative estimate of drug-likeness (QED) is 0.680. The van der Waals surface area contributed by atoms with Gasteiger partial charge < -0.3 is 20.3 Å². The molecule has 0 saturated heterocycles. The first-order chi connectivity index (χ1) is 7.29. The second-order valence-electron chi connectivity index (χ2n) is 3.13. The van der Waals surface area contributed by atoms with Crippen molar-refractivity contribution >= 4 is 0 Å². The maximum atomic E-state index is 9.63. The zero-order chi connectivity index (χ0) is 11.1. The summed E-state index contributed by atoms with van der Waals surface area (Å²) in [4.78, 5) is 0. The Hall–Kier alpha value is -1.10. The maximum absolute atomic E-state index is 9.63. The summed E-state index contributed by atoms with van der Waals surface area (Å²) in [6.45, 7) is 1.17. The van der Waals surface area contributed by atoms with Gasteiger partial charge in [0.05, 0.1) is 12.7 Å². The van der Waals surface area contributed by atoms with Gasteiger partial charge >= 0.3 is 0 Å². The van der Waals surface area contributed by atoms with Gasteiger partial charge in [-0.3, -0.25) is 0 Å². The number of para-hydroxylation sites is 1. The summed E-state index contributed by atoms with van der Waals surface area (Å²) in [6, 6.07) is 7.32. The average molecular weight is 211 g/mol. The molecule has 1 rings (SSSR count). The van der Waals surface area contributed by atoms with Crippen LogP contribution in [0.25, 0.3) is 0 Å². The molecule has 0 spiro atoms. The van der Waals surface area contributed by atoms with Crippen molar-refractivity contribution in [2.24, 2.45) is 5.73 Å². The van der Waals surface area contributed by atoms with Gasteiger partial charge in [-0.2, -0.15) is 0 Å². The molecule has 0 bridgehead atoms. The lowest BCUT2D eigenvalue weighted by molar-refractivity contribution is 0.139. The number of hydrogen-bond acceptors (Lipinski definition) is 4. The molecule has 0 aliphatic rings. The van der Waals surface area contributed by atoms with Gasteiger partial charge in [0.2, 0.25) is 0 Å². The van der Waals surface area contributed by atoms with Crippen LogP contribution in [0.2, 0.25) is 0 Å². The molecule has 0 unspecified atom stereocenters. The van der Waals surface area contributed by atoms with E-state index in [-0.39, 0.29) is 6.54 Å². The lowest BCUT2D eigenvalue weighted by Crippen LogP contribution is -2.14. The fraction of sp³-hybridized carbons (Fsp3) is 0.455. The molecule has 3 N–H and O–H groups in total. The number of hydrogen-bond donors (Lipinski definition) is 2. The molecular weight excluding hydrogens is 194 g/mol. The van der Waals surface area contributed by atoms with E-state index in [9.17, 15) is 5.11 Å². The fourth-order valence-electron chi connectivity index (χ4n) is 1.25. The van der Waals surface area contributed by atoms with Crippen molar-refractivity contribution in [3.8, 4) is 5.75 Å². The van der Waals surface area contributed by atoms with E-state index >= 15 is 0 Å². The van der Waals surface area contributed by atoms with Crippen molar-refractivity contribution in [3.63, 3.8) is 0 Å². The molecule has 0 fully saturated rings. The minimum atomic E-state index is -0.677. The Bertz CT molecular complexity index is 291. The van der Waals surface area contributed by atoms with E-state index in [1.54, 1.807) is 13.2 Å². The third-order valence-electron chi connectivity index (χ3n) is 2.05. The predicted octanol–water partition coefficient (Wildman–Crippen LogP) is 0.704. The number of nitrogens with two attached hydrogens (primary N) is 1. The van der Waals surface area contributed by atoms with Gasteiger partial charge in [-0.25, -0.2) is 0 Å². The van der Waals surface area contributed by atoms with Crippen LogP contribution in [-0.4, -0.2) is 32.0 Å². The van der Waals surface area contributed by atoms with Crippen molar-refractivity contribution in [1.82, 2.24) is 0 Å². The number of methoxy groups -OCH3 is 1. The highest BCUT2D eigenvalue weighted by molar-refractivity contribution is 5.35. The largest absolute Gasteiger partial charge is 0.491 e. The third kappa shape index (κ3) is 3.51. The highest BCUT2D eigenvalue weighted by Crippen LogP contribution is 2.24. The van der Waals surface area contributed by atoms with Gasteiger partial charge in [0.25, 0.3) is 0 Å². The van der Waals surface area contributed by atoms with Crippen molar-refractivity contribution in [2.75, 3.05) is 26.9 Å². The van der Waals surface area contributed by atoms with E-state index in [4.69, 9.17) is 15.2 Å². The first-order valence-electron chi connectivity index (χ1n) is 4.88. The average Bonchev–Trinajstić information content (AvgIpc) is 2.29. The van der Waals surface area contributed by atoms with Crippen LogP contribution in [0.15, 0.2) is 24.3 Å². The van der Waals surface area contributed by atoms with E-state index < -0.39 is 6.10 Å². The van der Waals surface area contributed by atoms with Crippen LogP contribution in [0.3, 0.4) is 0 Å². The summed E-state index contributed by atoms with van der Waals surface area (Å²) in [5.74, 6) is 0.660. The van der Waals surface area contributed by atoms with Crippen molar-refractivity contribution in [2.45, 2.75) is 6.10 Å². The Kier molecular flexibility index (Phi) is 5.10. The van der Waals surface area contributed by atoms with E-state index in [2.05, 4.69) is 0 Å². The van der Waals surface area contributed by atoms with Gasteiger partial charge in [-0.15, -0.1) is 0 Å². The maximum Gasteiger partial charge on any atom is 0.125 e. The number of benzene rings is 1. The lowest BCUT2D eigenvalue weighted by Gasteiger charge is -2.14. The molecule has 1 aromatic rings.